The molecule has 3 aliphatic rings. The molecule has 136 valence electrons. The second kappa shape index (κ2) is 6.47. The van der Waals surface area contributed by atoms with Gasteiger partial charge in [-0.1, -0.05) is 30.0 Å². The number of benzene rings is 2. The first kappa shape index (κ1) is 16.5. The molecule has 6 nitrogen and oxygen atoms in total. The highest BCUT2D eigenvalue weighted by molar-refractivity contribution is 8.27. The maximum absolute atomic E-state index is 12.9. The number of fused-ring (bicyclic) bond motifs is 2. The largest absolute Gasteiger partial charge is 0.486 e. The Bertz CT molecular complexity index is 1000. The molecule has 1 fully saturated rings. The van der Waals surface area contributed by atoms with Crippen LogP contribution in [0.1, 0.15) is 5.56 Å². The van der Waals surface area contributed by atoms with Crippen molar-refractivity contribution in [3.63, 3.8) is 0 Å². The Morgan fingerprint density at radius 2 is 1.63 bits per heavy atom. The number of hydrogen-bond acceptors (Lipinski definition) is 7. The van der Waals surface area contributed by atoms with E-state index in [1.54, 1.807) is 18.2 Å². The summed E-state index contributed by atoms with van der Waals surface area (Å²) in [5.74, 6) is 2.50. The monoisotopic (exact) mass is 399 g/mol. The van der Waals surface area contributed by atoms with Crippen LogP contribution in [0, 0.1) is 0 Å². The van der Waals surface area contributed by atoms with Crippen molar-refractivity contribution in [3.8, 4) is 23.0 Å². The topological polar surface area (TPSA) is 57.2 Å². The lowest BCUT2D eigenvalue weighted by atomic mass is 10.2. The molecule has 0 radical (unpaired) electrons. The van der Waals surface area contributed by atoms with Gasteiger partial charge in [0.15, 0.2) is 27.3 Å². The summed E-state index contributed by atoms with van der Waals surface area (Å²) in [6.45, 7) is 1.22. The molecular formula is C19H13NO5S2. The third kappa shape index (κ3) is 2.90. The number of anilines is 1. The van der Waals surface area contributed by atoms with E-state index in [9.17, 15) is 4.79 Å². The Hall–Kier alpha value is -2.71. The molecular weight excluding hydrogens is 386 g/mol. The molecule has 1 saturated heterocycles. The van der Waals surface area contributed by atoms with E-state index in [1.165, 1.54) is 16.7 Å². The van der Waals surface area contributed by atoms with Crippen molar-refractivity contribution in [2.75, 3.05) is 24.9 Å². The van der Waals surface area contributed by atoms with Crippen LogP contribution in [0.3, 0.4) is 0 Å². The first-order chi connectivity index (χ1) is 13.2. The molecule has 0 aliphatic carbocycles. The van der Waals surface area contributed by atoms with Crippen molar-refractivity contribution in [1.82, 2.24) is 0 Å². The molecule has 27 heavy (non-hydrogen) atoms. The number of amides is 1. The molecule has 0 saturated carbocycles. The van der Waals surface area contributed by atoms with E-state index >= 15 is 0 Å². The molecule has 0 N–H and O–H groups in total. The number of hydrogen-bond donors (Lipinski definition) is 0. The van der Waals surface area contributed by atoms with Crippen LogP contribution < -0.4 is 23.8 Å². The molecule has 3 aliphatic heterocycles. The van der Waals surface area contributed by atoms with Crippen molar-refractivity contribution in [1.29, 1.82) is 0 Å². The summed E-state index contributed by atoms with van der Waals surface area (Å²) in [4.78, 5) is 15.0. The SMILES string of the molecule is O=C1/C(=C/c2ccc3c(c2)OCO3)SC(=S)N1c1ccc2c(c1)OCCO2. The van der Waals surface area contributed by atoms with Gasteiger partial charge in [0.05, 0.1) is 10.6 Å². The predicted molar refractivity (Wildman–Crippen MR) is 106 cm³/mol. The summed E-state index contributed by atoms with van der Waals surface area (Å²) in [6.07, 6.45) is 1.80. The highest BCUT2D eigenvalue weighted by Gasteiger charge is 2.34. The van der Waals surface area contributed by atoms with Crippen LogP contribution in [0.5, 0.6) is 23.0 Å². The molecule has 1 amide bonds. The molecule has 0 unspecified atom stereocenters. The van der Waals surface area contributed by atoms with Crippen LogP contribution in [-0.4, -0.2) is 30.2 Å². The second-order valence-electron chi connectivity index (χ2n) is 5.96. The fourth-order valence-corrected chi connectivity index (χ4v) is 4.31. The first-order valence-corrected chi connectivity index (χ1v) is 9.49. The molecule has 2 aromatic rings. The van der Waals surface area contributed by atoms with Gasteiger partial charge < -0.3 is 18.9 Å². The van der Waals surface area contributed by atoms with Gasteiger partial charge >= 0.3 is 0 Å². The van der Waals surface area contributed by atoms with Gasteiger partial charge in [0.25, 0.3) is 5.91 Å². The smallest absolute Gasteiger partial charge is 0.270 e. The fourth-order valence-electron chi connectivity index (χ4n) is 3.02. The van der Waals surface area contributed by atoms with Gasteiger partial charge in [-0.3, -0.25) is 9.69 Å². The maximum Gasteiger partial charge on any atom is 0.270 e. The minimum atomic E-state index is -0.167. The third-order valence-corrected chi connectivity index (χ3v) is 5.57. The normalized spacial score (nSPS) is 19.1. The highest BCUT2D eigenvalue weighted by atomic mass is 32.2. The number of thiocarbonyl (C=S) groups is 1. The summed E-state index contributed by atoms with van der Waals surface area (Å²) in [7, 11) is 0. The average molecular weight is 399 g/mol. The minimum Gasteiger partial charge on any atom is -0.486 e. The van der Waals surface area contributed by atoms with Crippen LogP contribution in [0.2, 0.25) is 0 Å². The lowest BCUT2D eigenvalue weighted by Gasteiger charge is -2.21. The number of rotatable bonds is 2. The van der Waals surface area contributed by atoms with Gasteiger partial charge in [-0.15, -0.1) is 0 Å². The molecule has 5 rings (SSSR count). The second-order valence-corrected chi connectivity index (χ2v) is 7.63. The lowest BCUT2D eigenvalue weighted by Crippen LogP contribution is -2.27. The van der Waals surface area contributed by atoms with E-state index in [4.69, 9.17) is 31.2 Å². The first-order valence-electron chi connectivity index (χ1n) is 8.26. The van der Waals surface area contributed by atoms with E-state index in [0.717, 1.165) is 5.56 Å². The number of ether oxygens (including phenoxy) is 4. The van der Waals surface area contributed by atoms with E-state index in [-0.39, 0.29) is 12.7 Å². The van der Waals surface area contributed by atoms with Crippen molar-refractivity contribution in [2.24, 2.45) is 0 Å². The van der Waals surface area contributed by atoms with E-state index in [1.807, 2.05) is 24.3 Å². The van der Waals surface area contributed by atoms with Crippen LogP contribution in [-0.2, 0) is 4.79 Å². The fraction of sp³-hybridized carbons (Fsp3) is 0.158. The number of nitrogens with zero attached hydrogens (tertiary/aromatic N) is 1. The molecule has 0 atom stereocenters. The van der Waals surface area contributed by atoms with Crippen molar-refractivity contribution in [2.45, 2.75) is 0 Å². The van der Waals surface area contributed by atoms with Crippen molar-refractivity contribution >= 4 is 46.0 Å². The van der Waals surface area contributed by atoms with E-state index in [0.29, 0.717) is 51.1 Å². The van der Waals surface area contributed by atoms with E-state index < -0.39 is 0 Å². The zero-order valence-electron chi connectivity index (χ0n) is 14.0. The highest BCUT2D eigenvalue weighted by Crippen LogP contribution is 2.41. The summed E-state index contributed by atoms with van der Waals surface area (Å²) in [5, 5.41) is 0. The third-order valence-electron chi connectivity index (χ3n) is 4.27. The van der Waals surface area contributed by atoms with Gasteiger partial charge in [-0.2, -0.15) is 0 Å². The van der Waals surface area contributed by atoms with Gasteiger partial charge in [0.2, 0.25) is 6.79 Å². The number of carbonyl (C=O) groups excluding carboxylic acids is 1. The van der Waals surface area contributed by atoms with Crippen molar-refractivity contribution in [3.05, 3.63) is 46.9 Å². The maximum atomic E-state index is 12.9. The average Bonchev–Trinajstić information content (AvgIpc) is 3.25. The predicted octanol–water partition coefficient (Wildman–Crippen LogP) is 3.59. The number of carbonyl (C=O) groups is 1. The van der Waals surface area contributed by atoms with Crippen molar-refractivity contribution < 1.29 is 23.7 Å². The molecule has 2 aromatic carbocycles. The Balaban J connectivity index is 1.45. The molecule has 0 aromatic heterocycles. The Kier molecular flexibility index (Phi) is 3.95. The summed E-state index contributed by atoms with van der Waals surface area (Å²) >= 11 is 6.70. The molecule has 8 heteroatoms. The van der Waals surface area contributed by atoms with Gasteiger partial charge in [-0.25, -0.2) is 0 Å². The Morgan fingerprint density at radius 3 is 2.52 bits per heavy atom. The number of thioether (sulfide) groups is 1. The Labute approximate surface area is 164 Å². The quantitative estimate of drug-likeness (QED) is 0.565. The van der Waals surface area contributed by atoms with Crippen LogP contribution >= 0.6 is 24.0 Å². The molecule has 0 bridgehead atoms. The zero-order valence-corrected chi connectivity index (χ0v) is 15.6. The van der Waals surface area contributed by atoms with Gasteiger partial charge in [-0.05, 0) is 35.9 Å². The summed E-state index contributed by atoms with van der Waals surface area (Å²) < 4.78 is 22.3. The van der Waals surface area contributed by atoms with Gasteiger partial charge in [0.1, 0.15) is 13.2 Å². The zero-order chi connectivity index (χ0) is 18.4. The summed E-state index contributed by atoms with van der Waals surface area (Å²) in [5.41, 5.74) is 1.51. The van der Waals surface area contributed by atoms with Crippen LogP contribution in [0.15, 0.2) is 41.3 Å². The van der Waals surface area contributed by atoms with E-state index in [2.05, 4.69) is 0 Å². The van der Waals surface area contributed by atoms with Crippen LogP contribution in [0.25, 0.3) is 6.08 Å². The lowest BCUT2D eigenvalue weighted by molar-refractivity contribution is -0.113. The summed E-state index contributed by atoms with van der Waals surface area (Å²) in [6, 6.07) is 10.9. The van der Waals surface area contributed by atoms with Crippen LogP contribution in [0.4, 0.5) is 5.69 Å². The molecule has 0 spiro atoms. The molecule has 3 heterocycles. The standard InChI is InChI=1S/C19H13NO5S2/c21-18-17(8-11-1-3-14-15(7-11)25-10-24-14)27-19(26)20(18)12-2-4-13-16(9-12)23-6-5-22-13/h1-4,7-9H,5-6,10H2/b17-8-. The van der Waals surface area contributed by atoms with Gasteiger partial charge in [0, 0.05) is 6.07 Å². The minimum absolute atomic E-state index is 0.167. The Morgan fingerprint density at radius 1 is 0.926 bits per heavy atom.